The van der Waals surface area contributed by atoms with Crippen LogP contribution in [0.4, 0.5) is 11.5 Å². The molecule has 174 valence electrons. The Morgan fingerprint density at radius 1 is 1.09 bits per heavy atom. The summed E-state index contributed by atoms with van der Waals surface area (Å²) in [6.45, 7) is 2.62. The first-order chi connectivity index (χ1) is 16.0. The number of aromatic nitrogens is 1. The number of nitrogens with one attached hydrogen (secondary N) is 1. The van der Waals surface area contributed by atoms with Gasteiger partial charge >= 0.3 is 0 Å². The molecule has 3 aromatic rings. The zero-order valence-corrected chi connectivity index (χ0v) is 19.2. The second kappa shape index (κ2) is 12.0. The lowest BCUT2D eigenvalue weighted by Crippen LogP contribution is -2.29. The number of anilines is 2. The van der Waals surface area contributed by atoms with Crippen molar-refractivity contribution in [3.8, 4) is 5.75 Å². The molecule has 0 radical (unpaired) electrons. The number of methoxy groups -OCH3 is 1. The number of hydrogen-bond donors (Lipinski definition) is 3. The second-order valence-corrected chi connectivity index (χ2v) is 7.91. The van der Waals surface area contributed by atoms with Crippen LogP contribution in [0.25, 0.3) is 0 Å². The predicted octanol–water partition coefficient (Wildman–Crippen LogP) is 4.70. The summed E-state index contributed by atoms with van der Waals surface area (Å²) < 4.78 is 11.4. The van der Waals surface area contributed by atoms with Crippen LogP contribution in [0.2, 0.25) is 0 Å². The number of hydrogen-bond acceptors (Lipinski definition) is 6. The van der Waals surface area contributed by atoms with E-state index in [0.717, 1.165) is 36.1 Å². The first-order valence-electron chi connectivity index (χ1n) is 11.1. The molecule has 0 aliphatic heterocycles. The highest BCUT2D eigenvalue weighted by molar-refractivity contribution is 6.04. The summed E-state index contributed by atoms with van der Waals surface area (Å²) in [5, 5.41) is 2.82. The van der Waals surface area contributed by atoms with Crippen molar-refractivity contribution in [3.05, 3.63) is 83.6 Å². The van der Waals surface area contributed by atoms with Crippen LogP contribution in [-0.4, -0.2) is 24.1 Å². The molecule has 0 bridgehead atoms. The van der Waals surface area contributed by atoms with Crippen LogP contribution in [0.1, 0.15) is 53.7 Å². The van der Waals surface area contributed by atoms with E-state index in [4.69, 9.17) is 20.9 Å². The molecule has 0 aliphatic carbocycles. The summed E-state index contributed by atoms with van der Waals surface area (Å²) in [7, 11) is 1.65. The number of rotatable bonds is 11. The third-order valence-corrected chi connectivity index (χ3v) is 5.46. The summed E-state index contributed by atoms with van der Waals surface area (Å²) in [5.41, 5.74) is 15.4. The van der Waals surface area contributed by atoms with Gasteiger partial charge in [0.1, 0.15) is 11.6 Å². The topological polar surface area (TPSA) is 112 Å². The van der Waals surface area contributed by atoms with Crippen molar-refractivity contribution in [1.82, 2.24) is 4.98 Å². The van der Waals surface area contributed by atoms with E-state index in [0.29, 0.717) is 23.7 Å². The Morgan fingerprint density at radius 3 is 2.45 bits per heavy atom. The molecule has 2 aromatic carbocycles. The number of nitrogens with zero attached hydrogens (tertiary/aromatic N) is 1. The van der Waals surface area contributed by atoms with Gasteiger partial charge < -0.3 is 26.3 Å². The summed E-state index contributed by atoms with van der Waals surface area (Å²) in [5.74, 6) is 0.940. The molecule has 1 amide bonds. The minimum absolute atomic E-state index is 0.133. The van der Waals surface area contributed by atoms with E-state index < -0.39 is 0 Å². The quantitative estimate of drug-likeness (QED) is 0.392. The fourth-order valence-corrected chi connectivity index (χ4v) is 3.50. The van der Waals surface area contributed by atoms with Crippen molar-refractivity contribution in [3.63, 3.8) is 0 Å². The standard InChI is InChI=1S/C26H32N4O3/c1-3-4-5-23(33-17-18-6-12-22(32-2)13-7-18)25(28)19-8-10-20(11-9-19)26(31)30-21-14-15-29-24(27)16-21/h6-16,23,25H,3-5,17,28H2,1-2H3,(H3,27,29,30,31). The molecule has 0 fully saturated rings. The van der Waals surface area contributed by atoms with Crippen LogP contribution in [-0.2, 0) is 11.3 Å². The lowest BCUT2D eigenvalue weighted by molar-refractivity contribution is 0.0161. The Labute approximate surface area is 195 Å². The molecule has 2 unspecified atom stereocenters. The molecule has 0 aliphatic rings. The van der Waals surface area contributed by atoms with Crippen LogP contribution in [0.5, 0.6) is 5.75 Å². The number of ether oxygens (including phenoxy) is 2. The highest BCUT2D eigenvalue weighted by Crippen LogP contribution is 2.24. The minimum atomic E-state index is -0.299. The molecule has 1 aromatic heterocycles. The van der Waals surface area contributed by atoms with Gasteiger partial charge in [-0.05, 0) is 47.9 Å². The van der Waals surface area contributed by atoms with Gasteiger partial charge in [-0.2, -0.15) is 0 Å². The van der Waals surface area contributed by atoms with E-state index in [1.54, 1.807) is 37.6 Å². The Kier molecular flexibility index (Phi) is 8.80. The van der Waals surface area contributed by atoms with Crippen LogP contribution in [0.15, 0.2) is 66.9 Å². The van der Waals surface area contributed by atoms with Crippen LogP contribution < -0.4 is 21.5 Å². The number of nitrogens with two attached hydrogens (primary N) is 2. The van der Waals surface area contributed by atoms with Crippen molar-refractivity contribution in [1.29, 1.82) is 0 Å². The number of benzene rings is 2. The van der Waals surface area contributed by atoms with Crippen LogP contribution >= 0.6 is 0 Å². The van der Waals surface area contributed by atoms with Crippen LogP contribution in [0.3, 0.4) is 0 Å². The molecular formula is C26H32N4O3. The SMILES string of the molecule is CCCCC(OCc1ccc(OC)cc1)C(N)c1ccc(C(=O)Nc2ccnc(N)c2)cc1. The lowest BCUT2D eigenvalue weighted by Gasteiger charge is -2.25. The third kappa shape index (κ3) is 7.03. The van der Waals surface area contributed by atoms with Gasteiger partial charge in [-0.15, -0.1) is 0 Å². The average molecular weight is 449 g/mol. The second-order valence-electron chi connectivity index (χ2n) is 7.91. The van der Waals surface area contributed by atoms with Gasteiger partial charge in [0.25, 0.3) is 5.91 Å². The fraction of sp³-hybridized carbons (Fsp3) is 0.308. The van der Waals surface area contributed by atoms with E-state index in [-0.39, 0.29) is 18.1 Å². The number of carbonyl (C=O) groups is 1. The van der Waals surface area contributed by atoms with Gasteiger partial charge in [0, 0.05) is 23.5 Å². The largest absolute Gasteiger partial charge is 0.497 e. The van der Waals surface area contributed by atoms with Crippen LogP contribution in [0, 0.1) is 0 Å². The predicted molar refractivity (Wildman–Crippen MR) is 131 cm³/mol. The van der Waals surface area contributed by atoms with Crippen molar-refractivity contribution in [2.75, 3.05) is 18.2 Å². The first-order valence-corrected chi connectivity index (χ1v) is 11.1. The molecule has 0 spiro atoms. The highest BCUT2D eigenvalue weighted by atomic mass is 16.5. The van der Waals surface area contributed by atoms with E-state index >= 15 is 0 Å². The van der Waals surface area contributed by atoms with Gasteiger partial charge in [-0.1, -0.05) is 44.0 Å². The maximum atomic E-state index is 12.5. The van der Waals surface area contributed by atoms with Gasteiger partial charge in [-0.3, -0.25) is 4.79 Å². The van der Waals surface area contributed by atoms with Gasteiger partial charge in [0.2, 0.25) is 0 Å². The van der Waals surface area contributed by atoms with E-state index in [1.165, 1.54) is 0 Å². The fourth-order valence-electron chi connectivity index (χ4n) is 3.50. The number of carbonyl (C=O) groups excluding carboxylic acids is 1. The molecule has 7 heteroatoms. The van der Waals surface area contributed by atoms with E-state index in [1.807, 2.05) is 36.4 Å². The van der Waals surface area contributed by atoms with Crippen molar-refractivity contribution in [2.45, 2.75) is 44.9 Å². The van der Waals surface area contributed by atoms with Crippen molar-refractivity contribution >= 4 is 17.4 Å². The molecule has 1 heterocycles. The summed E-state index contributed by atoms with van der Waals surface area (Å²) in [6, 6.07) is 18.1. The zero-order valence-electron chi connectivity index (χ0n) is 19.2. The Balaban J connectivity index is 1.64. The summed E-state index contributed by atoms with van der Waals surface area (Å²) in [6.07, 6.45) is 4.37. The molecule has 0 saturated heterocycles. The normalized spacial score (nSPS) is 12.7. The van der Waals surface area contributed by atoms with E-state index in [9.17, 15) is 4.79 Å². The number of amides is 1. The molecule has 7 nitrogen and oxygen atoms in total. The maximum absolute atomic E-state index is 12.5. The van der Waals surface area contributed by atoms with E-state index in [2.05, 4.69) is 17.2 Å². The summed E-state index contributed by atoms with van der Waals surface area (Å²) >= 11 is 0. The molecule has 3 rings (SSSR count). The first kappa shape index (κ1) is 24.2. The van der Waals surface area contributed by atoms with Crippen molar-refractivity contribution in [2.24, 2.45) is 5.73 Å². The third-order valence-electron chi connectivity index (χ3n) is 5.46. The number of unbranched alkanes of at least 4 members (excludes halogenated alkanes) is 1. The van der Waals surface area contributed by atoms with Gasteiger partial charge in [-0.25, -0.2) is 4.98 Å². The molecule has 33 heavy (non-hydrogen) atoms. The number of pyridine rings is 1. The molecular weight excluding hydrogens is 416 g/mol. The van der Waals surface area contributed by atoms with Gasteiger partial charge in [0.15, 0.2) is 0 Å². The average Bonchev–Trinajstić information content (AvgIpc) is 2.84. The Morgan fingerprint density at radius 2 is 1.82 bits per heavy atom. The van der Waals surface area contributed by atoms with Crippen molar-refractivity contribution < 1.29 is 14.3 Å². The highest BCUT2D eigenvalue weighted by Gasteiger charge is 2.20. The smallest absolute Gasteiger partial charge is 0.255 e. The summed E-state index contributed by atoms with van der Waals surface area (Å²) in [4.78, 5) is 16.5. The zero-order chi connectivity index (χ0) is 23.6. The lowest BCUT2D eigenvalue weighted by atomic mass is 9.97. The molecule has 5 N–H and O–H groups in total. The molecule has 2 atom stereocenters. The van der Waals surface area contributed by atoms with Gasteiger partial charge in [0.05, 0.1) is 25.9 Å². The Bertz CT molecular complexity index is 1020. The maximum Gasteiger partial charge on any atom is 0.255 e. The monoisotopic (exact) mass is 448 g/mol. The minimum Gasteiger partial charge on any atom is -0.497 e. The molecule has 0 saturated carbocycles. The number of nitrogen functional groups attached to an aromatic ring is 1. The Hall–Kier alpha value is -3.42.